The third-order valence-corrected chi connectivity index (χ3v) is 2.78. The van der Waals surface area contributed by atoms with Gasteiger partial charge in [0.1, 0.15) is 0 Å². The predicted octanol–water partition coefficient (Wildman–Crippen LogP) is 2.55. The van der Waals surface area contributed by atoms with Gasteiger partial charge in [0.15, 0.2) is 0 Å². The lowest BCUT2D eigenvalue weighted by atomic mass is 10.2. The summed E-state index contributed by atoms with van der Waals surface area (Å²) < 4.78 is 0. The van der Waals surface area contributed by atoms with Gasteiger partial charge in [0.2, 0.25) is 5.91 Å². The van der Waals surface area contributed by atoms with E-state index in [0.29, 0.717) is 18.1 Å². The quantitative estimate of drug-likeness (QED) is 0.863. The van der Waals surface area contributed by atoms with Crippen molar-refractivity contribution >= 4 is 23.5 Å². The van der Waals surface area contributed by atoms with Crippen LogP contribution in [0.15, 0.2) is 24.3 Å². The average Bonchev–Trinajstić information content (AvgIpc) is 2.33. The number of hydrogen-bond acceptors (Lipinski definition) is 2. The Morgan fingerprint density at radius 1 is 1.33 bits per heavy atom. The third kappa shape index (κ3) is 4.75. The summed E-state index contributed by atoms with van der Waals surface area (Å²) in [4.78, 5) is 23.8. The number of nitrogens with zero attached hydrogens (tertiary/aromatic N) is 1. The smallest absolute Gasteiger partial charge is 0.303 e. The maximum absolute atomic E-state index is 11.8. The lowest BCUT2D eigenvalue weighted by Crippen LogP contribution is -2.30. The van der Waals surface area contributed by atoms with E-state index < -0.39 is 5.97 Å². The van der Waals surface area contributed by atoms with Crippen LogP contribution in [0, 0.1) is 0 Å². The SMILES string of the molecule is CCN(Cc1cccc(Cl)c1)C(=O)CCC(=O)O. The molecule has 98 valence electrons. The summed E-state index contributed by atoms with van der Waals surface area (Å²) >= 11 is 5.87. The van der Waals surface area contributed by atoms with Gasteiger partial charge in [-0.25, -0.2) is 0 Å². The standard InChI is InChI=1S/C13H16ClNO3/c1-2-15(12(16)6-7-13(17)18)9-10-4-3-5-11(14)8-10/h3-5,8H,2,6-7,9H2,1H3,(H,17,18). The van der Waals surface area contributed by atoms with Crippen LogP contribution in [0.25, 0.3) is 0 Å². The lowest BCUT2D eigenvalue weighted by molar-refractivity contribution is -0.141. The minimum Gasteiger partial charge on any atom is -0.481 e. The molecule has 5 heteroatoms. The average molecular weight is 270 g/mol. The van der Waals surface area contributed by atoms with Crippen LogP contribution in [0.3, 0.4) is 0 Å². The fourth-order valence-electron chi connectivity index (χ4n) is 1.60. The van der Waals surface area contributed by atoms with Crippen LogP contribution in [-0.2, 0) is 16.1 Å². The second kappa shape index (κ2) is 7.01. The van der Waals surface area contributed by atoms with Gasteiger partial charge in [0.05, 0.1) is 6.42 Å². The molecular weight excluding hydrogens is 254 g/mol. The Balaban J connectivity index is 2.61. The largest absolute Gasteiger partial charge is 0.481 e. The number of benzene rings is 1. The highest BCUT2D eigenvalue weighted by molar-refractivity contribution is 6.30. The fourth-order valence-corrected chi connectivity index (χ4v) is 1.82. The summed E-state index contributed by atoms with van der Waals surface area (Å²) in [5.74, 6) is -1.11. The van der Waals surface area contributed by atoms with Crippen LogP contribution < -0.4 is 0 Å². The normalized spacial score (nSPS) is 10.1. The summed E-state index contributed by atoms with van der Waals surface area (Å²) in [7, 11) is 0. The first-order valence-corrected chi connectivity index (χ1v) is 6.14. The van der Waals surface area contributed by atoms with E-state index in [2.05, 4.69) is 0 Å². The summed E-state index contributed by atoms with van der Waals surface area (Å²) in [6.45, 7) is 2.86. The number of halogens is 1. The Morgan fingerprint density at radius 3 is 2.61 bits per heavy atom. The second-order valence-electron chi connectivity index (χ2n) is 3.93. The molecule has 0 fully saturated rings. The second-order valence-corrected chi connectivity index (χ2v) is 4.37. The van der Waals surface area contributed by atoms with E-state index in [1.54, 1.807) is 17.0 Å². The van der Waals surface area contributed by atoms with Crippen molar-refractivity contribution in [2.24, 2.45) is 0 Å². The van der Waals surface area contributed by atoms with Crippen molar-refractivity contribution in [3.63, 3.8) is 0 Å². The van der Waals surface area contributed by atoms with Crippen molar-refractivity contribution in [2.45, 2.75) is 26.3 Å². The fraction of sp³-hybridized carbons (Fsp3) is 0.385. The van der Waals surface area contributed by atoms with E-state index in [0.717, 1.165) is 5.56 Å². The van der Waals surface area contributed by atoms with Crippen molar-refractivity contribution in [3.05, 3.63) is 34.9 Å². The molecule has 0 atom stereocenters. The van der Waals surface area contributed by atoms with Gasteiger partial charge in [0, 0.05) is 24.5 Å². The Labute approximate surface area is 111 Å². The van der Waals surface area contributed by atoms with Crippen molar-refractivity contribution < 1.29 is 14.7 Å². The molecule has 0 saturated heterocycles. The number of hydrogen-bond donors (Lipinski definition) is 1. The van der Waals surface area contributed by atoms with Gasteiger partial charge >= 0.3 is 5.97 Å². The molecule has 0 saturated carbocycles. The summed E-state index contributed by atoms with van der Waals surface area (Å²) in [6, 6.07) is 7.29. The number of aliphatic carboxylic acids is 1. The van der Waals surface area contributed by atoms with E-state index in [4.69, 9.17) is 16.7 Å². The Hall–Kier alpha value is -1.55. The van der Waals surface area contributed by atoms with Gasteiger partial charge in [-0.05, 0) is 24.6 Å². The number of carbonyl (C=O) groups excluding carboxylic acids is 1. The lowest BCUT2D eigenvalue weighted by Gasteiger charge is -2.20. The number of amides is 1. The minimum atomic E-state index is -0.956. The monoisotopic (exact) mass is 269 g/mol. The van der Waals surface area contributed by atoms with Crippen molar-refractivity contribution in [3.8, 4) is 0 Å². The van der Waals surface area contributed by atoms with Crippen LogP contribution in [0.1, 0.15) is 25.3 Å². The van der Waals surface area contributed by atoms with Gasteiger partial charge in [-0.15, -0.1) is 0 Å². The topological polar surface area (TPSA) is 57.6 Å². The van der Waals surface area contributed by atoms with E-state index >= 15 is 0 Å². The van der Waals surface area contributed by atoms with Gasteiger partial charge in [-0.3, -0.25) is 9.59 Å². The molecule has 0 aliphatic rings. The maximum atomic E-state index is 11.8. The molecule has 0 aliphatic carbocycles. The van der Waals surface area contributed by atoms with Crippen molar-refractivity contribution in [1.82, 2.24) is 4.90 Å². The zero-order chi connectivity index (χ0) is 13.5. The van der Waals surface area contributed by atoms with Gasteiger partial charge < -0.3 is 10.0 Å². The number of carbonyl (C=O) groups is 2. The first-order valence-electron chi connectivity index (χ1n) is 5.77. The van der Waals surface area contributed by atoms with Gasteiger partial charge in [-0.2, -0.15) is 0 Å². The van der Waals surface area contributed by atoms with Crippen LogP contribution >= 0.6 is 11.6 Å². The summed E-state index contributed by atoms with van der Waals surface area (Å²) in [6.07, 6.45) is -0.103. The van der Waals surface area contributed by atoms with E-state index in [1.165, 1.54) is 0 Å². The summed E-state index contributed by atoms with van der Waals surface area (Å²) in [5, 5.41) is 9.18. The molecule has 0 aliphatic heterocycles. The zero-order valence-corrected chi connectivity index (χ0v) is 11.0. The number of carboxylic acid groups (broad SMARTS) is 1. The third-order valence-electron chi connectivity index (χ3n) is 2.55. The van der Waals surface area contributed by atoms with Crippen LogP contribution in [0.5, 0.6) is 0 Å². The highest BCUT2D eigenvalue weighted by Gasteiger charge is 2.13. The van der Waals surface area contributed by atoms with Crippen LogP contribution in [-0.4, -0.2) is 28.4 Å². The van der Waals surface area contributed by atoms with Gasteiger partial charge in [-0.1, -0.05) is 23.7 Å². The van der Waals surface area contributed by atoms with Crippen molar-refractivity contribution in [1.29, 1.82) is 0 Å². The molecule has 1 N–H and O–H groups in total. The van der Waals surface area contributed by atoms with Crippen LogP contribution in [0.2, 0.25) is 5.02 Å². The molecule has 18 heavy (non-hydrogen) atoms. The number of rotatable bonds is 6. The van der Waals surface area contributed by atoms with E-state index in [1.807, 2.05) is 19.1 Å². The molecule has 0 bridgehead atoms. The number of carboxylic acids is 1. The molecule has 0 spiro atoms. The molecule has 1 aromatic carbocycles. The minimum absolute atomic E-state index is 0.0315. The van der Waals surface area contributed by atoms with Crippen LogP contribution in [0.4, 0.5) is 0 Å². The molecule has 0 radical (unpaired) electrons. The highest BCUT2D eigenvalue weighted by atomic mass is 35.5. The Morgan fingerprint density at radius 2 is 2.06 bits per heavy atom. The highest BCUT2D eigenvalue weighted by Crippen LogP contribution is 2.13. The molecule has 1 rings (SSSR count). The molecule has 1 aromatic rings. The molecule has 0 heterocycles. The van der Waals surface area contributed by atoms with Crippen molar-refractivity contribution in [2.75, 3.05) is 6.54 Å². The Bertz CT molecular complexity index is 434. The Kier molecular flexibility index (Phi) is 5.65. The molecule has 1 amide bonds. The predicted molar refractivity (Wildman–Crippen MR) is 69.4 cm³/mol. The molecular formula is C13H16ClNO3. The molecule has 4 nitrogen and oxygen atoms in total. The molecule has 0 unspecified atom stereocenters. The van der Waals surface area contributed by atoms with E-state index in [9.17, 15) is 9.59 Å². The maximum Gasteiger partial charge on any atom is 0.303 e. The molecule has 0 aromatic heterocycles. The van der Waals surface area contributed by atoms with Gasteiger partial charge in [0.25, 0.3) is 0 Å². The first kappa shape index (κ1) is 14.5. The van der Waals surface area contributed by atoms with E-state index in [-0.39, 0.29) is 18.7 Å². The summed E-state index contributed by atoms with van der Waals surface area (Å²) in [5.41, 5.74) is 0.938. The zero-order valence-electron chi connectivity index (χ0n) is 10.2. The first-order chi connectivity index (χ1) is 8.52.